The maximum atomic E-state index is 11.2. The molecule has 1 N–H and O–H groups in total. The highest BCUT2D eigenvalue weighted by atomic mass is 32.1. The molecule has 0 spiro atoms. The van der Waals surface area contributed by atoms with Crippen LogP contribution in [0.15, 0.2) is 36.7 Å². The second-order valence-electron chi connectivity index (χ2n) is 5.20. The molecule has 108 valence electrons. The smallest absolute Gasteiger partial charge is 0.337 e. The summed E-state index contributed by atoms with van der Waals surface area (Å²) in [5.41, 5.74) is 1.68. The maximum absolute atomic E-state index is 11.2. The van der Waals surface area contributed by atoms with Gasteiger partial charge in [-0.05, 0) is 38.1 Å². The highest BCUT2D eigenvalue weighted by Gasteiger charge is 2.15. The van der Waals surface area contributed by atoms with E-state index in [2.05, 4.69) is 35.5 Å². The minimum absolute atomic E-state index is 0.233. The van der Waals surface area contributed by atoms with Gasteiger partial charge < -0.3 is 9.67 Å². The summed E-state index contributed by atoms with van der Waals surface area (Å²) in [7, 11) is 0. The predicted octanol–water partition coefficient (Wildman–Crippen LogP) is 3.91. The molecule has 3 aromatic rings. The second-order valence-corrected chi connectivity index (χ2v) is 6.57. The minimum atomic E-state index is -0.938. The van der Waals surface area contributed by atoms with Gasteiger partial charge in [0, 0.05) is 22.2 Å². The van der Waals surface area contributed by atoms with E-state index in [1.54, 1.807) is 29.8 Å². The third-order valence-electron chi connectivity index (χ3n) is 3.60. The van der Waals surface area contributed by atoms with Crippen molar-refractivity contribution in [1.29, 1.82) is 0 Å². The zero-order valence-electron chi connectivity index (χ0n) is 11.9. The third kappa shape index (κ3) is 2.56. The Bertz CT molecular complexity index is 804. The lowest BCUT2D eigenvalue weighted by molar-refractivity contribution is 0.0699. The van der Waals surface area contributed by atoms with Gasteiger partial charge in [0.15, 0.2) is 0 Å². The number of nitrogens with zero attached hydrogens (tertiary/aromatic N) is 2. The first-order valence-electron chi connectivity index (χ1n) is 6.80. The standard InChI is InChI=1S/C16H16N2O2S/c1-10(8-12-7-6-11(2)21-12)18-9-17-15-13(16(19)20)4-3-5-14(15)18/h3-7,9-10H,8H2,1-2H3,(H,19,20). The minimum Gasteiger partial charge on any atom is -0.478 e. The molecule has 4 nitrogen and oxygen atoms in total. The third-order valence-corrected chi connectivity index (χ3v) is 4.63. The van der Waals surface area contributed by atoms with E-state index in [0.29, 0.717) is 5.52 Å². The summed E-state index contributed by atoms with van der Waals surface area (Å²) in [6.07, 6.45) is 2.66. The molecule has 1 aromatic carbocycles. The zero-order valence-corrected chi connectivity index (χ0v) is 12.7. The Morgan fingerprint density at radius 2 is 2.19 bits per heavy atom. The van der Waals surface area contributed by atoms with Gasteiger partial charge in [-0.3, -0.25) is 0 Å². The van der Waals surface area contributed by atoms with Crippen LogP contribution < -0.4 is 0 Å². The molecule has 0 aliphatic carbocycles. The van der Waals surface area contributed by atoms with Crippen LogP contribution in [0.25, 0.3) is 11.0 Å². The molecule has 2 heterocycles. The van der Waals surface area contributed by atoms with E-state index in [9.17, 15) is 9.90 Å². The number of para-hydroxylation sites is 1. The van der Waals surface area contributed by atoms with Crippen LogP contribution in [0.4, 0.5) is 0 Å². The van der Waals surface area contributed by atoms with Crippen LogP contribution in [0.3, 0.4) is 0 Å². The highest BCUT2D eigenvalue weighted by Crippen LogP contribution is 2.25. The van der Waals surface area contributed by atoms with Crippen molar-refractivity contribution >= 4 is 28.3 Å². The molecule has 0 saturated heterocycles. The molecule has 3 rings (SSSR count). The molecular formula is C16H16N2O2S. The summed E-state index contributed by atoms with van der Waals surface area (Å²) < 4.78 is 2.05. The Balaban J connectivity index is 1.97. The molecule has 1 atom stereocenters. The number of hydrogen-bond acceptors (Lipinski definition) is 3. The topological polar surface area (TPSA) is 55.1 Å². The fraction of sp³-hybridized carbons (Fsp3) is 0.250. The first-order chi connectivity index (χ1) is 10.1. The van der Waals surface area contributed by atoms with Crippen LogP contribution in [0.2, 0.25) is 0 Å². The van der Waals surface area contributed by atoms with Crippen LogP contribution in [-0.4, -0.2) is 20.6 Å². The van der Waals surface area contributed by atoms with E-state index in [1.807, 2.05) is 6.07 Å². The average molecular weight is 300 g/mol. The maximum Gasteiger partial charge on any atom is 0.337 e. The Hall–Kier alpha value is -2.14. The van der Waals surface area contributed by atoms with Crippen molar-refractivity contribution in [3.8, 4) is 0 Å². The van der Waals surface area contributed by atoms with E-state index in [4.69, 9.17) is 0 Å². The lowest BCUT2D eigenvalue weighted by Gasteiger charge is -2.13. The Morgan fingerprint density at radius 3 is 2.86 bits per heavy atom. The number of rotatable bonds is 4. The normalized spacial score (nSPS) is 12.7. The SMILES string of the molecule is Cc1ccc(CC(C)n2cnc3c(C(=O)O)cccc32)s1. The summed E-state index contributed by atoms with van der Waals surface area (Å²) in [4.78, 5) is 18.2. The highest BCUT2D eigenvalue weighted by molar-refractivity contribution is 7.11. The van der Waals surface area contributed by atoms with Gasteiger partial charge >= 0.3 is 5.97 Å². The number of carboxylic acids is 1. The molecule has 0 fully saturated rings. The number of imidazole rings is 1. The summed E-state index contributed by atoms with van der Waals surface area (Å²) in [5.74, 6) is -0.938. The lowest BCUT2D eigenvalue weighted by Crippen LogP contribution is -2.06. The number of aromatic nitrogens is 2. The van der Waals surface area contributed by atoms with E-state index >= 15 is 0 Å². The summed E-state index contributed by atoms with van der Waals surface area (Å²) in [6, 6.07) is 9.79. The second kappa shape index (κ2) is 5.33. The van der Waals surface area contributed by atoms with Gasteiger partial charge in [-0.15, -0.1) is 11.3 Å². The molecule has 0 radical (unpaired) electrons. The lowest BCUT2D eigenvalue weighted by atomic mass is 10.1. The van der Waals surface area contributed by atoms with Crippen molar-refractivity contribution in [1.82, 2.24) is 9.55 Å². The number of aryl methyl sites for hydroxylation is 1. The van der Waals surface area contributed by atoms with Crippen molar-refractivity contribution in [2.45, 2.75) is 26.3 Å². The first-order valence-corrected chi connectivity index (χ1v) is 7.62. The number of fused-ring (bicyclic) bond motifs is 1. The van der Waals surface area contributed by atoms with Gasteiger partial charge in [0.1, 0.15) is 5.52 Å². The first kappa shape index (κ1) is 13.8. The number of aromatic carboxylic acids is 1. The molecule has 1 unspecified atom stereocenters. The molecule has 0 amide bonds. The molecule has 0 aliphatic rings. The van der Waals surface area contributed by atoms with E-state index in [1.165, 1.54) is 9.75 Å². The van der Waals surface area contributed by atoms with Gasteiger partial charge in [0.05, 0.1) is 17.4 Å². The van der Waals surface area contributed by atoms with Crippen molar-refractivity contribution in [3.05, 3.63) is 52.0 Å². The van der Waals surface area contributed by atoms with Crippen molar-refractivity contribution < 1.29 is 9.90 Å². The van der Waals surface area contributed by atoms with E-state index in [-0.39, 0.29) is 11.6 Å². The van der Waals surface area contributed by atoms with Crippen LogP contribution >= 0.6 is 11.3 Å². The van der Waals surface area contributed by atoms with Gasteiger partial charge in [-0.25, -0.2) is 9.78 Å². The van der Waals surface area contributed by atoms with Gasteiger partial charge in [0.2, 0.25) is 0 Å². The van der Waals surface area contributed by atoms with Crippen LogP contribution in [-0.2, 0) is 6.42 Å². The average Bonchev–Trinajstić information content (AvgIpc) is 3.04. The number of carboxylic acid groups (broad SMARTS) is 1. The van der Waals surface area contributed by atoms with Crippen LogP contribution in [0.5, 0.6) is 0 Å². The van der Waals surface area contributed by atoms with Crippen LogP contribution in [0, 0.1) is 6.92 Å². The predicted molar refractivity (Wildman–Crippen MR) is 84.2 cm³/mol. The summed E-state index contributed by atoms with van der Waals surface area (Å²) in [6.45, 7) is 4.23. The van der Waals surface area contributed by atoms with E-state index in [0.717, 1.165) is 11.9 Å². The quantitative estimate of drug-likeness (QED) is 0.795. The number of carbonyl (C=O) groups is 1. The van der Waals surface area contributed by atoms with Crippen molar-refractivity contribution in [3.63, 3.8) is 0 Å². The number of hydrogen-bond donors (Lipinski definition) is 1. The largest absolute Gasteiger partial charge is 0.478 e. The van der Waals surface area contributed by atoms with Crippen LogP contribution in [0.1, 0.15) is 33.1 Å². The molecule has 0 aliphatic heterocycles. The zero-order chi connectivity index (χ0) is 15.0. The number of benzene rings is 1. The molecular weight excluding hydrogens is 284 g/mol. The van der Waals surface area contributed by atoms with Crippen molar-refractivity contribution in [2.24, 2.45) is 0 Å². The monoisotopic (exact) mass is 300 g/mol. The fourth-order valence-corrected chi connectivity index (χ4v) is 3.58. The van der Waals surface area contributed by atoms with Gasteiger partial charge in [-0.1, -0.05) is 6.07 Å². The van der Waals surface area contributed by atoms with Gasteiger partial charge in [0.25, 0.3) is 0 Å². The van der Waals surface area contributed by atoms with Gasteiger partial charge in [-0.2, -0.15) is 0 Å². The Morgan fingerprint density at radius 1 is 1.38 bits per heavy atom. The Labute approximate surface area is 126 Å². The summed E-state index contributed by atoms with van der Waals surface area (Å²) in [5, 5.41) is 9.22. The van der Waals surface area contributed by atoms with Crippen molar-refractivity contribution in [2.75, 3.05) is 0 Å². The molecule has 0 saturated carbocycles. The molecule has 0 bridgehead atoms. The molecule has 2 aromatic heterocycles. The molecule has 21 heavy (non-hydrogen) atoms. The Kier molecular flexibility index (Phi) is 3.51. The fourth-order valence-electron chi connectivity index (χ4n) is 2.57. The summed E-state index contributed by atoms with van der Waals surface area (Å²) >= 11 is 1.80. The molecule has 5 heteroatoms. The van der Waals surface area contributed by atoms with E-state index < -0.39 is 5.97 Å². The number of thiophene rings is 1.